The van der Waals surface area contributed by atoms with Gasteiger partial charge < -0.3 is 16.0 Å². The van der Waals surface area contributed by atoms with Gasteiger partial charge in [-0.25, -0.2) is 0 Å². The Morgan fingerprint density at radius 3 is 2.73 bits per heavy atom. The van der Waals surface area contributed by atoms with Crippen LogP contribution < -0.4 is 16.5 Å². The fourth-order valence-corrected chi connectivity index (χ4v) is 1.57. The molecule has 0 fully saturated rings. The Bertz CT molecular complexity index is 643. The topological polar surface area (TPSA) is 130 Å². The summed E-state index contributed by atoms with van der Waals surface area (Å²) in [5.74, 6) is -0.545. The lowest BCUT2D eigenvalue weighted by Crippen LogP contribution is -2.27. The van der Waals surface area contributed by atoms with Crippen molar-refractivity contribution in [2.75, 3.05) is 31.4 Å². The van der Waals surface area contributed by atoms with Crippen LogP contribution in [0.1, 0.15) is 5.56 Å². The molecule has 0 saturated carbocycles. The Labute approximate surface area is 129 Å². The molecule has 0 atom stereocenters. The molecule has 0 aromatic heterocycles. The first-order chi connectivity index (χ1) is 10.3. The van der Waals surface area contributed by atoms with Gasteiger partial charge in [-0.2, -0.15) is 10.4 Å². The van der Waals surface area contributed by atoms with Gasteiger partial charge in [0.15, 0.2) is 5.84 Å². The number of carbonyl (C=O) groups excluding carboxylic acids is 1. The molecule has 1 aromatic rings. The van der Waals surface area contributed by atoms with E-state index < -0.39 is 5.84 Å². The number of anilines is 2. The third kappa shape index (κ3) is 5.22. The zero-order chi connectivity index (χ0) is 16.7. The second kappa shape index (κ2) is 7.75. The fourth-order valence-electron chi connectivity index (χ4n) is 1.57. The summed E-state index contributed by atoms with van der Waals surface area (Å²) in [5.41, 5.74) is 9.75. The number of benzene rings is 1. The maximum Gasteiger partial charge on any atom is 0.238 e. The SMILES string of the molecule is Cc1ccc(N/N=C(\C#N)C(=N)N)cc1NC(=O)CN(C)C. The second-order valence-electron chi connectivity index (χ2n) is 4.91. The van der Waals surface area contributed by atoms with E-state index >= 15 is 0 Å². The number of nitriles is 1. The number of amidine groups is 1. The largest absolute Gasteiger partial charge is 0.382 e. The van der Waals surface area contributed by atoms with E-state index in [1.54, 1.807) is 23.1 Å². The van der Waals surface area contributed by atoms with Crippen molar-refractivity contribution in [3.05, 3.63) is 23.8 Å². The summed E-state index contributed by atoms with van der Waals surface area (Å²) in [6, 6.07) is 6.96. The predicted octanol–water partition coefficient (Wildman–Crippen LogP) is 0.723. The van der Waals surface area contributed by atoms with Crippen LogP contribution in [-0.4, -0.2) is 43.0 Å². The fraction of sp³-hybridized carbons (Fsp3) is 0.286. The monoisotopic (exact) mass is 301 g/mol. The molecule has 0 spiro atoms. The summed E-state index contributed by atoms with van der Waals surface area (Å²) in [7, 11) is 3.62. The molecule has 22 heavy (non-hydrogen) atoms. The molecule has 0 saturated heterocycles. The molecule has 1 rings (SSSR count). The van der Waals surface area contributed by atoms with Crippen LogP contribution in [0.15, 0.2) is 23.3 Å². The van der Waals surface area contributed by atoms with Crippen LogP contribution in [-0.2, 0) is 4.79 Å². The van der Waals surface area contributed by atoms with Crippen LogP contribution in [0.2, 0.25) is 0 Å². The second-order valence-corrected chi connectivity index (χ2v) is 4.91. The molecule has 1 amide bonds. The molecule has 0 unspecified atom stereocenters. The van der Waals surface area contributed by atoms with E-state index in [-0.39, 0.29) is 18.2 Å². The number of amides is 1. The van der Waals surface area contributed by atoms with Crippen LogP contribution >= 0.6 is 0 Å². The number of nitrogens with two attached hydrogens (primary N) is 1. The van der Waals surface area contributed by atoms with Gasteiger partial charge in [0.2, 0.25) is 11.6 Å². The Morgan fingerprint density at radius 1 is 1.50 bits per heavy atom. The highest BCUT2D eigenvalue weighted by atomic mass is 16.2. The molecular formula is C14H19N7O. The molecule has 0 aliphatic heterocycles. The normalized spacial score (nSPS) is 11.0. The van der Waals surface area contributed by atoms with Crippen molar-refractivity contribution < 1.29 is 4.79 Å². The van der Waals surface area contributed by atoms with Crippen LogP contribution in [0.25, 0.3) is 0 Å². The Kier molecular flexibility index (Phi) is 6.04. The number of aryl methyl sites for hydroxylation is 1. The number of hydrazone groups is 1. The molecule has 0 aliphatic rings. The number of nitrogens with one attached hydrogen (secondary N) is 3. The van der Waals surface area contributed by atoms with E-state index in [2.05, 4.69) is 15.8 Å². The molecule has 0 bridgehead atoms. The first kappa shape index (κ1) is 17.1. The first-order valence-electron chi connectivity index (χ1n) is 6.47. The van der Waals surface area contributed by atoms with E-state index in [0.717, 1.165) is 5.56 Å². The molecule has 1 aromatic carbocycles. The van der Waals surface area contributed by atoms with Crippen molar-refractivity contribution in [3.8, 4) is 6.07 Å². The van der Waals surface area contributed by atoms with E-state index in [1.165, 1.54) is 0 Å². The van der Waals surface area contributed by atoms with Gasteiger partial charge in [0.05, 0.1) is 12.2 Å². The molecule has 116 valence electrons. The van der Waals surface area contributed by atoms with E-state index in [0.29, 0.717) is 11.4 Å². The maximum atomic E-state index is 11.8. The average molecular weight is 301 g/mol. The highest BCUT2D eigenvalue weighted by Crippen LogP contribution is 2.20. The lowest BCUT2D eigenvalue weighted by Gasteiger charge is -2.13. The van der Waals surface area contributed by atoms with Gasteiger partial charge in [0, 0.05) is 5.69 Å². The van der Waals surface area contributed by atoms with Crippen molar-refractivity contribution >= 4 is 28.8 Å². The molecule has 8 heteroatoms. The van der Waals surface area contributed by atoms with E-state index in [9.17, 15) is 4.79 Å². The zero-order valence-electron chi connectivity index (χ0n) is 12.8. The van der Waals surface area contributed by atoms with Crippen molar-refractivity contribution in [2.24, 2.45) is 10.8 Å². The van der Waals surface area contributed by atoms with Gasteiger partial charge in [0.25, 0.3) is 0 Å². The highest BCUT2D eigenvalue weighted by Gasteiger charge is 2.07. The van der Waals surface area contributed by atoms with Gasteiger partial charge >= 0.3 is 0 Å². The third-order valence-corrected chi connectivity index (χ3v) is 2.63. The molecule has 8 nitrogen and oxygen atoms in total. The number of nitrogens with zero attached hydrogens (tertiary/aromatic N) is 3. The van der Waals surface area contributed by atoms with Gasteiger partial charge in [0.1, 0.15) is 6.07 Å². The summed E-state index contributed by atoms with van der Waals surface area (Å²) < 4.78 is 0. The lowest BCUT2D eigenvalue weighted by atomic mass is 10.2. The zero-order valence-corrected chi connectivity index (χ0v) is 12.8. The van der Waals surface area contributed by atoms with Crippen molar-refractivity contribution in [2.45, 2.75) is 6.92 Å². The lowest BCUT2D eigenvalue weighted by molar-refractivity contribution is -0.116. The Morgan fingerprint density at radius 2 is 2.18 bits per heavy atom. The minimum atomic E-state index is -0.415. The molecule has 0 radical (unpaired) electrons. The van der Waals surface area contributed by atoms with Gasteiger partial charge in [-0.3, -0.25) is 15.6 Å². The van der Waals surface area contributed by atoms with Crippen molar-refractivity contribution in [1.29, 1.82) is 10.7 Å². The number of hydrogen-bond donors (Lipinski definition) is 4. The Balaban J connectivity index is 2.88. The highest BCUT2D eigenvalue weighted by molar-refractivity contribution is 6.45. The van der Waals surface area contributed by atoms with E-state index in [1.807, 2.05) is 27.1 Å². The molecule has 0 aliphatic carbocycles. The molecular weight excluding hydrogens is 282 g/mol. The number of carbonyl (C=O) groups is 1. The Hall–Kier alpha value is -2.92. The van der Waals surface area contributed by atoms with Crippen LogP contribution in [0, 0.1) is 23.7 Å². The number of likely N-dealkylation sites (N-methyl/N-ethyl adjacent to an activating group) is 1. The minimum absolute atomic E-state index is 0.129. The number of rotatable bonds is 6. The van der Waals surface area contributed by atoms with Gasteiger partial charge in [-0.1, -0.05) is 6.07 Å². The summed E-state index contributed by atoms with van der Waals surface area (Å²) in [6.07, 6.45) is 0. The minimum Gasteiger partial charge on any atom is -0.382 e. The third-order valence-electron chi connectivity index (χ3n) is 2.63. The maximum absolute atomic E-state index is 11.8. The van der Waals surface area contributed by atoms with Crippen molar-refractivity contribution in [1.82, 2.24) is 4.90 Å². The van der Waals surface area contributed by atoms with Gasteiger partial charge in [-0.15, -0.1) is 0 Å². The van der Waals surface area contributed by atoms with E-state index in [4.69, 9.17) is 16.4 Å². The standard InChI is InChI=1S/C14H19N7O/c1-9-4-5-10(19-20-12(7-15)14(16)17)6-11(9)18-13(22)8-21(2)3/h4-6,19H,8H2,1-3H3,(H3,16,17)(H,18,22)/b20-12+. The summed E-state index contributed by atoms with van der Waals surface area (Å²) >= 11 is 0. The summed E-state index contributed by atoms with van der Waals surface area (Å²) in [5, 5.41) is 22.5. The van der Waals surface area contributed by atoms with Crippen LogP contribution in [0.5, 0.6) is 0 Å². The van der Waals surface area contributed by atoms with Crippen LogP contribution in [0.3, 0.4) is 0 Å². The predicted molar refractivity (Wildman–Crippen MR) is 86.9 cm³/mol. The molecule has 5 N–H and O–H groups in total. The quantitative estimate of drug-likeness (QED) is 0.349. The van der Waals surface area contributed by atoms with Crippen LogP contribution in [0.4, 0.5) is 11.4 Å². The van der Waals surface area contributed by atoms with Crippen molar-refractivity contribution in [3.63, 3.8) is 0 Å². The van der Waals surface area contributed by atoms with Gasteiger partial charge in [-0.05, 0) is 38.7 Å². The summed E-state index contributed by atoms with van der Waals surface area (Å²) in [4.78, 5) is 13.6. The summed E-state index contributed by atoms with van der Waals surface area (Å²) in [6.45, 7) is 2.15. The average Bonchev–Trinajstić information content (AvgIpc) is 2.41. The number of hydrogen-bond acceptors (Lipinski definition) is 6. The molecule has 0 heterocycles. The smallest absolute Gasteiger partial charge is 0.238 e. The first-order valence-corrected chi connectivity index (χ1v) is 6.47.